The van der Waals surface area contributed by atoms with Crippen molar-refractivity contribution in [3.63, 3.8) is 0 Å². The van der Waals surface area contributed by atoms with E-state index in [2.05, 4.69) is 10.3 Å². The van der Waals surface area contributed by atoms with Gasteiger partial charge >= 0.3 is 0 Å². The molecule has 0 aliphatic heterocycles. The number of aromatic nitrogens is 2. The summed E-state index contributed by atoms with van der Waals surface area (Å²) in [6, 6.07) is 18.3. The number of halogens is 2. The first-order valence-electron chi connectivity index (χ1n) is 9.85. The van der Waals surface area contributed by atoms with Crippen molar-refractivity contribution in [3.05, 3.63) is 93.5 Å². The molecule has 0 saturated heterocycles. The summed E-state index contributed by atoms with van der Waals surface area (Å²) in [5.41, 5.74) is 1.90. The molecule has 0 radical (unpaired) electrons. The molecule has 32 heavy (non-hydrogen) atoms. The van der Waals surface area contributed by atoms with Gasteiger partial charge in [0, 0.05) is 5.02 Å². The second-order valence-electron chi connectivity index (χ2n) is 7.26. The van der Waals surface area contributed by atoms with Crippen molar-refractivity contribution in [1.82, 2.24) is 9.55 Å². The monoisotopic (exact) mass is 467 g/mol. The Balaban J connectivity index is 1.76. The Morgan fingerprint density at radius 3 is 2.66 bits per heavy atom. The molecule has 1 N–H and O–H groups in total. The van der Waals surface area contributed by atoms with Crippen LogP contribution in [0.15, 0.2) is 76.7 Å². The van der Waals surface area contributed by atoms with E-state index in [4.69, 9.17) is 11.6 Å². The van der Waals surface area contributed by atoms with Gasteiger partial charge in [0.2, 0.25) is 5.91 Å². The number of para-hydroxylation sites is 1. The van der Waals surface area contributed by atoms with Crippen molar-refractivity contribution in [1.29, 1.82) is 0 Å². The van der Waals surface area contributed by atoms with Crippen LogP contribution < -0.4 is 10.9 Å². The zero-order valence-electron chi connectivity index (χ0n) is 17.3. The number of aryl methyl sites for hydroxylation is 1. The maximum Gasteiger partial charge on any atom is 0.266 e. The van der Waals surface area contributed by atoms with E-state index in [1.165, 1.54) is 16.7 Å². The lowest BCUT2D eigenvalue weighted by Crippen LogP contribution is -2.26. The standard InChI is InChI=1S/C24H19ClFN3O2S/c1-14-6-5-7-17(12-14)29-23(31)18-11-10-16(25)13-21(18)28-24(29)32-15(2)22(30)27-20-9-4-3-8-19(20)26/h3-13,15H,1-2H3,(H,27,30). The van der Waals surface area contributed by atoms with Crippen LogP contribution in [0.3, 0.4) is 0 Å². The molecular formula is C24H19ClFN3O2S. The van der Waals surface area contributed by atoms with Crippen molar-refractivity contribution < 1.29 is 9.18 Å². The average Bonchev–Trinajstić information content (AvgIpc) is 2.75. The van der Waals surface area contributed by atoms with Crippen LogP contribution in [0.1, 0.15) is 12.5 Å². The molecule has 1 atom stereocenters. The number of fused-ring (bicyclic) bond motifs is 1. The summed E-state index contributed by atoms with van der Waals surface area (Å²) < 4.78 is 15.4. The maximum absolute atomic E-state index is 13.9. The van der Waals surface area contributed by atoms with Gasteiger partial charge < -0.3 is 5.32 Å². The number of rotatable bonds is 5. The van der Waals surface area contributed by atoms with Gasteiger partial charge in [-0.15, -0.1) is 0 Å². The fourth-order valence-corrected chi connectivity index (χ4v) is 4.31. The molecular weight excluding hydrogens is 449 g/mol. The number of carbonyl (C=O) groups is 1. The number of anilines is 1. The number of hydrogen-bond donors (Lipinski definition) is 1. The highest BCUT2D eigenvalue weighted by molar-refractivity contribution is 8.00. The van der Waals surface area contributed by atoms with Crippen LogP contribution in [0.5, 0.6) is 0 Å². The van der Waals surface area contributed by atoms with Crippen molar-refractivity contribution in [2.45, 2.75) is 24.3 Å². The number of amides is 1. The highest BCUT2D eigenvalue weighted by Crippen LogP contribution is 2.27. The minimum atomic E-state index is -0.658. The molecule has 0 saturated carbocycles. The first-order chi connectivity index (χ1) is 15.3. The third kappa shape index (κ3) is 4.54. The molecule has 3 aromatic carbocycles. The van der Waals surface area contributed by atoms with Gasteiger partial charge in [-0.2, -0.15) is 0 Å². The van der Waals surface area contributed by atoms with Crippen LogP contribution in [0, 0.1) is 12.7 Å². The first kappa shape index (κ1) is 22.0. The largest absolute Gasteiger partial charge is 0.323 e. The summed E-state index contributed by atoms with van der Waals surface area (Å²) in [5.74, 6) is -0.926. The molecule has 1 heterocycles. The van der Waals surface area contributed by atoms with Crippen LogP contribution >= 0.6 is 23.4 Å². The van der Waals surface area contributed by atoms with Gasteiger partial charge in [-0.25, -0.2) is 9.37 Å². The van der Waals surface area contributed by atoms with Crippen LogP contribution in [0.2, 0.25) is 5.02 Å². The Morgan fingerprint density at radius 1 is 1.12 bits per heavy atom. The number of thioether (sulfide) groups is 1. The molecule has 4 rings (SSSR count). The van der Waals surface area contributed by atoms with Gasteiger partial charge in [-0.3, -0.25) is 14.2 Å². The summed E-state index contributed by atoms with van der Waals surface area (Å²) in [4.78, 5) is 30.8. The van der Waals surface area contributed by atoms with Crippen LogP contribution in [0.25, 0.3) is 16.6 Å². The quantitative estimate of drug-likeness (QED) is 0.306. The van der Waals surface area contributed by atoms with E-state index in [1.54, 1.807) is 37.3 Å². The zero-order chi connectivity index (χ0) is 22.8. The van der Waals surface area contributed by atoms with Gasteiger partial charge in [0.15, 0.2) is 5.16 Å². The van der Waals surface area contributed by atoms with Gasteiger partial charge in [-0.05, 0) is 61.9 Å². The summed E-state index contributed by atoms with van der Waals surface area (Å²) in [6.45, 7) is 3.61. The summed E-state index contributed by atoms with van der Waals surface area (Å²) in [7, 11) is 0. The predicted octanol–water partition coefficient (Wildman–Crippen LogP) is 5.61. The highest BCUT2D eigenvalue weighted by atomic mass is 35.5. The smallest absolute Gasteiger partial charge is 0.266 e. The maximum atomic E-state index is 13.9. The summed E-state index contributed by atoms with van der Waals surface area (Å²) >= 11 is 7.22. The van der Waals surface area contributed by atoms with Crippen molar-refractivity contribution in [2.75, 3.05) is 5.32 Å². The van der Waals surface area contributed by atoms with E-state index in [-0.39, 0.29) is 11.2 Å². The fraction of sp³-hybridized carbons (Fsp3) is 0.125. The Bertz CT molecular complexity index is 1390. The molecule has 8 heteroatoms. The molecule has 1 amide bonds. The summed E-state index contributed by atoms with van der Waals surface area (Å²) in [5, 5.41) is 3.15. The lowest BCUT2D eigenvalue weighted by molar-refractivity contribution is -0.115. The first-order valence-corrected chi connectivity index (χ1v) is 11.1. The molecule has 0 aliphatic rings. The molecule has 0 fully saturated rings. The molecule has 0 bridgehead atoms. The highest BCUT2D eigenvalue weighted by Gasteiger charge is 2.21. The molecule has 5 nitrogen and oxygen atoms in total. The molecule has 1 unspecified atom stereocenters. The van der Waals surface area contributed by atoms with E-state index in [1.807, 2.05) is 31.2 Å². The van der Waals surface area contributed by atoms with Crippen LogP contribution in [0.4, 0.5) is 10.1 Å². The van der Waals surface area contributed by atoms with E-state index in [0.29, 0.717) is 26.8 Å². The average molecular weight is 468 g/mol. The van der Waals surface area contributed by atoms with Gasteiger partial charge in [0.25, 0.3) is 5.56 Å². The Labute approximate surface area is 193 Å². The number of nitrogens with zero attached hydrogens (tertiary/aromatic N) is 2. The lowest BCUT2D eigenvalue weighted by Gasteiger charge is -2.17. The Hall–Kier alpha value is -3.16. The van der Waals surface area contributed by atoms with E-state index in [0.717, 1.165) is 17.3 Å². The topological polar surface area (TPSA) is 64.0 Å². The second-order valence-corrected chi connectivity index (χ2v) is 9.01. The summed E-state index contributed by atoms with van der Waals surface area (Å²) in [6.07, 6.45) is 0. The van der Waals surface area contributed by atoms with E-state index >= 15 is 0 Å². The SMILES string of the molecule is Cc1cccc(-n2c(SC(C)C(=O)Nc3ccccc3F)nc3cc(Cl)ccc3c2=O)c1. The molecule has 0 spiro atoms. The molecule has 1 aromatic heterocycles. The number of nitrogens with one attached hydrogen (secondary N) is 1. The van der Waals surface area contributed by atoms with E-state index < -0.39 is 17.0 Å². The minimum Gasteiger partial charge on any atom is -0.323 e. The molecule has 4 aromatic rings. The normalized spacial score (nSPS) is 12.0. The second kappa shape index (κ2) is 9.14. The molecule has 0 aliphatic carbocycles. The van der Waals surface area contributed by atoms with Crippen molar-refractivity contribution in [2.24, 2.45) is 0 Å². The predicted molar refractivity (Wildman–Crippen MR) is 127 cm³/mol. The Kier molecular flexibility index (Phi) is 6.30. The van der Waals surface area contributed by atoms with Crippen LogP contribution in [-0.4, -0.2) is 20.7 Å². The molecule has 162 valence electrons. The van der Waals surface area contributed by atoms with Crippen molar-refractivity contribution >= 4 is 45.9 Å². The third-order valence-electron chi connectivity index (χ3n) is 4.84. The van der Waals surface area contributed by atoms with E-state index in [9.17, 15) is 14.0 Å². The van der Waals surface area contributed by atoms with Crippen molar-refractivity contribution in [3.8, 4) is 5.69 Å². The van der Waals surface area contributed by atoms with Gasteiger partial charge in [0.1, 0.15) is 5.82 Å². The number of benzene rings is 3. The number of carbonyl (C=O) groups excluding carboxylic acids is 1. The fourth-order valence-electron chi connectivity index (χ4n) is 3.22. The minimum absolute atomic E-state index is 0.0966. The lowest BCUT2D eigenvalue weighted by atomic mass is 10.2. The zero-order valence-corrected chi connectivity index (χ0v) is 18.9. The van der Waals surface area contributed by atoms with Crippen LogP contribution in [-0.2, 0) is 4.79 Å². The van der Waals surface area contributed by atoms with Gasteiger partial charge in [-0.1, -0.05) is 47.6 Å². The third-order valence-corrected chi connectivity index (χ3v) is 6.13. The Morgan fingerprint density at radius 2 is 1.91 bits per heavy atom. The number of hydrogen-bond acceptors (Lipinski definition) is 4. The van der Waals surface area contributed by atoms with Gasteiger partial charge in [0.05, 0.1) is 27.5 Å².